The summed E-state index contributed by atoms with van der Waals surface area (Å²) in [4.78, 5) is 13.4. The molecule has 1 aromatic carbocycles. The van der Waals surface area contributed by atoms with Crippen molar-refractivity contribution in [2.24, 2.45) is 5.92 Å². The van der Waals surface area contributed by atoms with Gasteiger partial charge in [0.1, 0.15) is 29.3 Å². The Hall–Kier alpha value is -2.46. The molecule has 0 aliphatic rings. The number of thioether (sulfide) groups is 1. The molecular weight excluding hydrogens is 324 g/mol. The van der Waals surface area contributed by atoms with E-state index in [1.54, 1.807) is 0 Å². The second-order valence-electron chi connectivity index (χ2n) is 5.54. The smallest absolute Gasteiger partial charge is 0.319 e. The highest BCUT2D eigenvalue weighted by molar-refractivity contribution is 8.00. The summed E-state index contributed by atoms with van der Waals surface area (Å²) in [5, 5.41) is 12.6. The zero-order valence-electron chi connectivity index (χ0n) is 13.7. The minimum atomic E-state index is -0.281. The van der Waals surface area contributed by atoms with Crippen LogP contribution in [0.5, 0.6) is 0 Å². The average molecular weight is 344 g/mol. The quantitative estimate of drug-likeness (QED) is 0.613. The Morgan fingerprint density at radius 2 is 2.12 bits per heavy atom. The molecule has 2 N–H and O–H groups in total. The number of esters is 1. The first-order chi connectivity index (χ1) is 11.5. The van der Waals surface area contributed by atoms with Crippen LogP contribution in [0.3, 0.4) is 0 Å². The highest BCUT2D eigenvalue weighted by atomic mass is 32.2. The van der Waals surface area contributed by atoms with Crippen LogP contribution in [0.4, 0.5) is 5.82 Å². The molecule has 0 aliphatic heterocycles. The van der Waals surface area contributed by atoms with Gasteiger partial charge in [-0.1, -0.05) is 32.0 Å². The molecule has 0 bridgehead atoms. The molecule has 1 aromatic heterocycles. The first-order valence-corrected chi connectivity index (χ1v) is 8.50. The zero-order valence-corrected chi connectivity index (χ0v) is 14.5. The lowest BCUT2D eigenvalue weighted by Crippen LogP contribution is -2.27. The van der Waals surface area contributed by atoms with Crippen molar-refractivity contribution in [3.8, 4) is 6.07 Å². The molecule has 2 aromatic rings. The number of carbonyl (C=O) groups is 1. The standard InChI is InChI=1S/C17H20N4O2S/c1-12(2)15(24-14-6-4-3-5-7-14)17(22)23-9-8-21-16(19)13(10-18)11-20-21/h3-7,11-12,15H,8-9,19H2,1-2H3. The number of benzene rings is 1. The number of ether oxygens (including phenoxy) is 1. The van der Waals surface area contributed by atoms with E-state index in [0.29, 0.717) is 12.1 Å². The molecule has 0 radical (unpaired) electrons. The number of carbonyl (C=O) groups excluding carboxylic acids is 1. The van der Waals surface area contributed by atoms with Crippen LogP contribution in [-0.4, -0.2) is 27.6 Å². The maximum Gasteiger partial charge on any atom is 0.319 e. The van der Waals surface area contributed by atoms with Gasteiger partial charge in [-0.2, -0.15) is 10.4 Å². The third kappa shape index (κ3) is 4.52. The molecule has 0 aliphatic carbocycles. The molecule has 0 spiro atoms. The number of nitrogens with zero attached hydrogens (tertiary/aromatic N) is 3. The first-order valence-electron chi connectivity index (χ1n) is 7.62. The lowest BCUT2D eigenvalue weighted by atomic mass is 10.1. The van der Waals surface area contributed by atoms with E-state index in [0.717, 1.165) is 4.90 Å². The monoisotopic (exact) mass is 344 g/mol. The van der Waals surface area contributed by atoms with Crippen LogP contribution in [0.1, 0.15) is 19.4 Å². The van der Waals surface area contributed by atoms with E-state index in [2.05, 4.69) is 5.10 Å². The largest absolute Gasteiger partial charge is 0.463 e. The second-order valence-corrected chi connectivity index (χ2v) is 6.76. The molecule has 126 valence electrons. The topological polar surface area (TPSA) is 93.9 Å². The van der Waals surface area contributed by atoms with Gasteiger partial charge < -0.3 is 10.5 Å². The van der Waals surface area contributed by atoms with Crippen molar-refractivity contribution >= 4 is 23.5 Å². The van der Waals surface area contributed by atoms with Gasteiger partial charge in [-0.15, -0.1) is 11.8 Å². The molecule has 0 amide bonds. The van der Waals surface area contributed by atoms with Crippen molar-refractivity contribution in [2.45, 2.75) is 30.5 Å². The molecule has 24 heavy (non-hydrogen) atoms. The summed E-state index contributed by atoms with van der Waals surface area (Å²) < 4.78 is 6.84. The molecule has 0 fully saturated rings. The van der Waals surface area contributed by atoms with Crippen molar-refractivity contribution in [3.05, 3.63) is 42.1 Å². The number of rotatable bonds is 7. The van der Waals surface area contributed by atoms with Gasteiger partial charge in [0.15, 0.2) is 0 Å². The van der Waals surface area contributed by atoms with Gasteiger partial charge in [-0.25, -0.2) is 4.68 Å². The van der Waals surface area contributed by atoms with Crippen LogP contribution in [0, 0.1) is 17.2 Å². The van der Waals surface area contributed by atoms with Crippen molar-refractivity contribution < 1.29 is 9.53 Å². The molecule has 1 atom stereocenters. The number of hydrogen-bond donors (Lipinski definition) is 1. The Bertz CT molecular complexity index is 722. The fourth-order valence-corrected chi connectivity index (χ4v) is 3.12. The Kier molecular flexibility index (Phi) is 6.27. The molecular formula is C17H20N4O2S. The highest BCUT2D eigenvalue weighted by Gasteiger charge is 2.25. The Morgan fingerprint density at radius 1 is 1.42 bits per heavy atom. The SMILES string of the molecule is CC(C)C(Sc1ccccc1)C(=O)OCCn1ncc(C#N)c1N. The van der Waals surface area contributed by atoms with Crippen molar-refractivity contribution in [1.29, 1.82) is 5.26 Å². The molecule has 7 heteroatoms. The van der Waals surface area contributed by atoms with Crippen LogP contribution in [0.2, 0.25) is 0 Å². The Labute approximate surface area is 145 Å². The minimum absolute atomic E-state index is 0.141. The number of nitrogens with two attached hydrogens (primary N) is 1. The van der Waals surface area contributed by atoms with Crippen LogP contribution >= 0.6 is 11.8 Å². The molecule has 0 saturated carbocycles. The van der Waals surface area contributed by atoms with E-state index in [4.69, 9.17) is 15.7 Å². The highest BCUT2D eigenvalue weighted by Crippen LogP contribution is 2.28. The van der Waals surface area contributed by atoms with Gasteiger partial charge in [0.2, 0.25) is 0 Å². The molecule has 6 nitrogen and oxygen atoms in total. The van der Waals surface area contributed by atoms with Gasteiger partial charge in [-0.3, -0.25) is 4.79 Å². The summed E-state index contributed by atoms with van der Waals surface area (Å²) in [7, 11) is 0. The van der Waals surface area contributed by atoms with Gasteiger partial charge >= 0.3 is 5.97 Å². The number of anilines is 1. The average Bonchev–Trinajstić information content (AvgIpc) is 2.93. The molecule has 1 unspecified atom stereocenters. The van der Waals surface area contributed by atoms with Gasteiger partial charge in [0.05, 0.1) is 12.7 Å². The fourth-order valence-electron chi connectivity index (χ4n) is 2.08. The molecule has 0 saturated heterocycles. The fraction of sp³-hybridized carbons (Fsp3) is 0.353. The van der Waals surface area contributed by atoms with E-state index < -0.39 is 0 Å². The van der Waals surface area contributed by atoms with E-state index in [-0.39, 0.29) is 29.6 Å². The first kappa shape index (κ1) is 17.9. The van der Waals surface area contributed by atoms with E-state index in [9.17, 15) is 4.79 Å². The lowest BCUT2D eigenvalue weighted by molar-refractivity contribution is -0.144. The second kappa shape index (κ2) is 8.41. The Balaban J connectivity index is 1.91. The van der Waals surface area contributed by atoms with Gasteiger partial charge in [0.25, 0.3) is 0 Å². The van der Waals surface area contributed by atoms with Crippen molar-refractivity contribution in [3.63, 3.8) is 0 Å². The van der Waals surface area contributed by atoms with Crippen molar-refractivity contribution in [1.82, 2.24) is 9.78 Å². The maximum absolute atomic E-state index is 12.4. The number of nitriles is 1. The predicted octanol–water partition coefficient (Wildman–Crippen LogP) is 2.70. The summed E-state index contributed by atoms with van der Waals surface area (Å²) in [5.74, 6) is 0.167. The van der Waals surface area contributed by atoms with Crippen LogP contribution in [0.25, 0.3) is 0 Å². The van der Waals surface area contributed by atoms with Crippen molar-refractivity contribution in [2.75, 3.05) is 12.3 Å². The zero-order chi connectivity index (χ0) is 17.5. The molecule has 2 rings (SSSR count). The summed E-state index contributed by atoms with van der Waals surface area (Å²) >= 11 is 1.50. The third-order valence-corrected chi connectivity index (χ3v) is 4.93. The summed E-state index contributed by atoms with van der Waals surface area (Å²) in [6.45, 7) is 4.47. The van der Waals surface area contributed by atoms with Crippen LogP contribution < -0.4 is 5.73 Å². The summed E-state index contributed by atoms with van der Waals surface area (Å²) in [6, 6.07) is 11.7. The van der Waals surface area contributed by atoms with E-state index in [1.807, 2.05) is 50.2 Å². The van der Waals surface area contributed by atoms with E-state index >= 15 is 0 Å². The molecule has 1 heterocycles. The van der Waals surface area contributed by atoms with Gasteiger partial charge in [-0.05, 0) is 18.1 Å². The lowest BCUT2D eigenvalue weighted by Gasteiger charge is -2.19. The number of hydrogen-bond acceptors (Lipinski definition) is 6. The third-order valence-electron chi connectivity index (χ3n) is 3.39. The maximum atomic E-state index is 12.4. The van der Waals surface area contributed by atoms with Crippen LogP contribution in [0.15, 0.2) is 41.4 Å². The van der Waals surface area contributed by atoms with Gasteiger partial charge in [0, 0.05) is 4.90 Å². The minimum Gasteiger partial charge on any atom is -0.463 e. The van der Waals surface area contributed by atoms with Crippen LogP contribution in [-0.2, 0) is 16.1 Å². The summed E-state index contributed by atoms with van der Waals surface area (Å²) in [6.07, 6.45) is 1.40. The Morgan fingerprint density at radius 3 is 2.71 bits per heavy atom. The van der Waals surface area contributed by atoms with E-state index in [1.165, 1.54) is 22.6 Å². The predicted molar refractivity (Wildman–Crippen MR) is 93.2 cm³/mol. The normalized spacial score (nSPS) is 11.9. The number of nitrogen functional groups attached to an aromatic ring is 1. The summed E-state index contributed by atoms with van der Waals surface area (Å²) in [5.41, 5.74) is 6.09. The number of aromatic nitrogens is 2.